The summed E-state index contributed by atoms with van der Waals surface area (Å²) >= 11 is 0. The average Bonchev–Trinajstić information content (AvgIpc) is 2.38. The first-order valence-corrected chi connectivity index (χ1v) is 5.71. The highest BCUT2D eigenvalue weighted by Gasteiger charge is 2.18. The predicted octanol–water partition coefficient (Wildman–Crippen LogP) is 0.926. The van der Waals surface area contributed by atoms with Crippen LogP contribution in [0.4, 0.5) is 0 Å². The van der Waals surface area contributed by atoms with Crippen molar-refractivity contribution in [2.45, 2.75) is 6.42 Å². The molecule has 2 aromatic rings. The SMILES string of the molecule is OCCCOB(O)c1cccc2ccccc12. The van der Waals surface area contributed by atoms with Crippen molar-refractivity contribution in [2.24, 2.45) is 0 Å². The molecule has 0 heterocycles. The Labute approximate surface area is 101 Å². The molecule has 0 fully saturated rings. The minimum atomic E-state index is -0.937. The normalized spacial score (nSPS) is 10.7. The van der Waals surface area contributed by atoms with Crippen molar-refractivity contribution in [1.82, 2.24) is 0 Å². The quantitative estimate of drug-likeness (QED) is 0.593. The number of hydrogen-bond acceptors (Lipinski definition) is 3. The van der Waals surface area contributed by atoms with Crippen LogP contribution in [0.5, 0.6) is 0 Å². The number of rotatable bonds is 5. The molecule has 0 radical (unpaired) electrons. The van der Waals surface area contributed by atoms with Crippen LogP contribution in [0.25, 0.3) is 10.8 Å². The lowest BCUT2D eigenvalue weighted by atomic mass is 9.76. The first-order valence-electron chi connectivity index (χ1n) is 5.71. The van der Waals surface area contributed by atoms with Crippen molar-refractivity contribution in [3.8, 4) is 0 Å². The zero-order valence-corrected chi connectivity index (χ0v) is 9.54. The average molecular weight is 230 g/mol. The van der Waals surface area contributed by atoms with Crippen molar-refractivity contribution in [2.75, 3.05) is 13.2 Å². The Morgan fingerprint density at radius 2 is 1.82 bits per heavy atom. The van der Waals surface area contributed by atoms with E-state index < -0.39 is 7.12 Å². The molecular formula is C13H15BO3. The van der Waals surface area contributed by atoms with Crippen molar-refractivity contribution >= 4 is 23.4 Å². The molecule has 0 aliphatic carbocycles. The maximum absolute atomic E-state index is 9.94. The summed E-state index contributed by atoms with van der Waals surface area (Å²) in [5.41, 5.74) is 0.765. The van der Waals surface area contributed by atoms with Gasteiger partial charge in [0.1, 0.15) is 0 Å². The Kier molecular flexibility index (Phi) is 4.15. The zero-order valence-electron chi connectivity index (χ0n) is 9.54. The van der Waals surface area contributed by atoms with Gasteiger partial charge < -0.3 is 14.8 Å². The van der Waals surface area contributed by atoms with Gasteiger partial charge in [0.15, 0.2) is 0 Å². The molecule has 3 nitrogen and oxygen atoms in total. The lowest BCUT2D eigenvalue weighted by Gasteiger charge is -2.10. The Balaban J connectivity index is 2.22. The van der Waals surface area contributed by atoms with E-state index in [-0.39, 0.29) is 6.61 Å². The summed E-state index contributed by atoms with van der Waals surface area (Å²) in [6, 6.07) is 13.6. The van der Waals surface area contributed by atoms with E-state index in [0.29, 0.717) is 13.0 Å². The molecule has 2 N–H and O–H groups in total. The fourth-order valence-corrected chi connectivity index (χ4v) is 1.82. The van der Waals surface area contributed by atoms with Crippen LogP contribution in [0.15, 0.2) is 42.5 Å². The Hall–Kier alpha value is -1.36. The molecular weight excluding hydrogens is 215 g/mol. The van der Waals surface area contributed by atoms with Gasteiger partial charge >= 0.3 is 7.12 Å². The minimum absolute atomic E-state index is 0.0717. The number of aliphatic hydroxyl groups is 1. The maximum atomic E-state index is 9.94. The third-order valence-electron chi connectivity index (χ3n) is 2.67. The summed E-state index contributed by atoms with van der Waals surface area (Å²) < 4.78 is 5.27. The molecule has 0 aromatic heterocycles. The van der Waals surface area contributed by atoms with Gasteiger partial charge in [0.2, 0.25) is 0 Å². The van der Waals surface area contributed by atoms with Gasteiger partial charge in [0.25, 0.3) is 0 Å². The highest BCUT2D eigenvalue weighted by Crippen LogP contribution is 2.11. The molecule has 17 heavy (non-hydrogen) atoms. The number of fused-ring (bicyclic) bond motifs is 1. The van der Waals surface area contributed by atoms with Crippen molar-refractivity contribution in [3.63, 3.8) is 0 Å². The van der Waals surface area contributed by atoms with Gasteiger partial charge in [-0.3, -0.25) is 0 Å². The highest BCUT2D eigenvalue weighted by molar-refractivity contribution is 6.63. The monoisotopic (exact) mass is 230 g/mol. The van der Waals surface area contributed by atoms with Crippen LogP contribution in [0.2, 0.25) is 0 Å². The van der Waals surface area contributed by atoms with Crippen LogP contribution < -0.4 is 5.46 Å². The van der Waals surface area contributed by atoms with Crippen molar-refractivity contribution in [1.29, 1.82) is 0 Å². The standard InChI is InChI=1S/C13H15BO3/c15-9-4-10-17-14(16)13-8-3-6-11-5-1-2-7-12(11)13/h1-3,5-8,15-16H,4,9-10H2. The van der Waals surface area contributed by atoms with Gasteiger partial charge in [-0.15, -0.1) is 0 Å². The van der Waals surface area contributed by atoms with Crippen LogP contribution in [-0.2, 0) is 4.65 Å². The van der Waals surface area contributed by atoms with Crippen molar-refractivity contribution in [3.05, 3.63) is 42.5 Å². The molecule has 0 unspecified atom stereocenters. The van der Waals surface area contributed by atoms with E-state index in [1.807, 2.05) is 42.5 Å². The zero-order chi connectivity index (χ0) is 12.1. The lowest BCUT2D eigenvalue weighted by molar-refractivity contribution is 0.216. The summed E-state index contributed by atoms with van der Waals surface area (Å²) in [4.78, 5) is 0. The fourth-order valence-electron chi connectivity index (χ4n) is 1.82. The smallest absolute Gasteiger partial charge is 0.423 e. The fraction of sp³-hybridized carbons (Fsp3) is 0.231. The van der Waals surface area contributed by atoms with E-state index >= 15 is 0 Å². The highest BCUT2D eigenvalue weighted by atomic mass is 16.5. The molecule has 0 bridgehead atoms. The topological polar surface area (TPSA) is 49.7 Å². The van der Waals surface area contributed by atoms with Gasteiger partial charge in [-0.2, -0.15) is 0 Å². The molecule has 0 aliphatic rings. The molecule has 0 amide bonds. The largest absolute Gasteiger partial charge is 0.491 e. The number of hydrogen-bond donors (Lipinski definition) is 2. The van der Waals surface area contributed by atoms with E-state index in [9.17, 15) is 5.02 Å². The van der Waals surface area contributed by atoms with Crippen LogP contribution in [0.1, 0.15) is 6.42 Å². The Bertz CT molecular complexity index is 482. The first-order chi connectivity index (χ1) is 8.33. The second-order valence-corrected chi connectivity index (χ2v) is 3.87. The molecule has 0 atom stereocenters. The molecule has 2 rings (SSSR count). The van der Waals surface area contributed by atoms with Gasteiger partial charge in [-0.1, -0.05) is 42.5 Å². The summed E-state index contributed by atoms with van der Waals surface area (Å²) in [6.07, 6.45) is 0.530. The third-order valence-corrected chi connectivity index (χ3v) is 2.67. The van der Waals surface area contributed by atoms with E-state index in [4.69, 9.17) is 9.76 Å². The second kappa shape index (κ2) is 5.82. The van der Waals surface area contributed by atoms with Crippen LogP contribution >= 0.6 is 0 Å². The molecule has 0 aliphatic heterocycles. The minimum Gasteiger partial charge on any atom is -0.423 e. The van der Waals surface area contributed by atoms with Crippen molar-refractivity contribution < 1.29 is 14.8 Å². The molecule has 0 saturated heterocycles. The first kappa shape index (κ1) is 12.1. The van der Waals surface area contributed by atoms with Gasteiger partial charge in [0, 0.05) is 13.2 Å². The van der Waals surface area contributed by atoms with Crippen LogP contribution in [-0.4, -0.2) is 30.5 Å². The van der Waals surface area contributed by atoms with E-state index in [0.717, 1.165) is 16.2 Å². The molecule has 2 aromatic carbocycles. The third kappa shape index (κ3) is 2.85. The van der Waals surface area contributed by atoms with Crippen LogP contribution in [0.3, 0.4) is 0 Å². The van der Waals surface area contributed by atoms with E-state index in [1.54, 1.807) is 0 Å². The summed E-state index contributed by atoms with van der Waals surface area (Å²) in [5.74, 6) is 0. The molecule has 0 spiro atoms. The van der Waals surface area contributed by atoms with Gasteiger partial charge in [-0.25, -0.2) is 0 Å². The Morgan fingerprint density at radius 3 is 2.65 bits per heavy atom. The number of benzene rings is 2. The van der Waals surface area contributed by atoms with E-state index in [1.165, 1.54) is 0 Å². The summed E-state index contributed by atoms with van der Waals surface area (Å²) in [5, 5.41) is 20.7. The summed E-state index contributed by atoms with van der Waals surface area (Å²) in [7, 11) is -0.937. The van der Waals surface area contributed by atoms with Crippen LogP contribution in [0, 0.1) is 0 Å². The Morgan fingerprint density at radius 1 is 1.06 bits per heavy atom. The lowest BCUT2D eigenvalue weighted by Crippen LogP contribution is -2.34. The van der Waals surface area contributed by atoms with Gasteiger partial charge in [0.05, 0.1) is 0 Å². The second-order valence-electron chi connectivity index (χ2n) is 3.87. The molecule has 4 heteroatoms. The molecule has 0 saturated carbocycles. The summed E-state index contributed by atoms with van der Waals surface area (Å²) in [6.45, 7) is 0.420. The predicted molar refractivity (Wildman–Crippen MR) is 69.2 cm³/mol. The molecule has 88 valence electrons. The number of aliphatic hydroxyl groups excluding tert-OH is 1. The maximum Gasteiger partial charge on any atom is 0.491 e. The van der Waals surface area contributed by atoms with E-state index in [2.05, 4.69) is 0 Å². The van der Waals surface area contributed by atoms with Gasteiger partial charge in [-0.05, 0) is 22.7 Å².